The highest BCUT2D eigenvalue weighted by atomic mass is 16.6. The zero-order chi connectivity index (χ0) is 16.4. The highest BCUT2D eigenvalue weighted by Crippen LogP contribution is 2.24. The quantitative estimate of drug-likeness (QED) is 0.335. The lowest BCUT2D eigenvalue weighted by atomic mass is 9.86. The van der Waals surface area contributed by atoms with Gasteiger partial charge in [0.1, 0.15) is 5.60 Å². The first-order valence-corrected chi connectivity index (χ1v) is 7.99. The lowest BCUT2D eigenvalue weighted by Crippen LogP contribution is -2.41. The van der Waals surface area contributed by atoms with Crippen LogP contribution >= 0.6 is 0 Å². The van der Waals surface area contributed by atoms with Crippen molar-refractivity contribution in [3.05, 3.63) is 10.4 Å². The standard InChI is InChI=1S/C15H28N4O3/c1-15(2,3)22-14(20)18-13-7-5-12(6-8-13)11-21-10-4-9-17-19-16/h12-13H,4-11H2,1-3H3,(H,18,20)/t12-,13-. The van der Waals surface area contributed by atoms with Crippen LogP contribution in [-0.4, -0.2) is 37.5 Å². The second-order valence-corrected chi connectivity index (χ2v) is 6.75. The van der Waals surface area contributed by atoms with Crippen LogP contribution in [-0.2, 0) is 9.47 Å². The first-order valence-electron chi connectivity index (χ1n) is 7.99. The molecule has 0 aromatic heterocycles. The Bertz CT molecular complexity index is 381. The largest absolute Gasteiger partial charge is 0.444 e. The molecule has 0 unspecified atom stereocenters. The van der Waals surface area contributed by atoms with Crippen LogP contribution in [0.1, 0.15) is 52.9 Å². The van der Waals surface area contributed by atoms with Crippen molar-refractivity contribution in [1.29, 1.82) is 0 Å². The Kier molecular flexibility index (Phi) is 8.06. The Hall–Kier alpha value is -1.46. The molecule has 7 nitrogen and oxygen atoms in total. The van der Waals surface area contributed by atoms with Gasteiger partial charge in [0.15, 0.2) is 0 Å². The van der Waals surface area contributed by atoms with Crippen LogP contribution in [0, 0.1) is 5.92 Å². The molecule has 22 heavy (non-hydrogen) atoms. The number of nitrogens with zero attached hydrogens (tertiary/aromatic N) is 3. The van der Waals surface area contributed by atoms with E-state index in [-0.39, 0.29) is 12.1 Å². The molecule has 0 atom stereocenters. The van der Waals surface area contributed by atoms with Crippen molar-refractivity contribution in [3.63, 3.8) is 0 Å². The molecule has 1 aliphatic rings. The van der Waals surface area contributed by atoms with Crippen LogP contribution in [0.5, 0.6) is 0 Å². The third-order valence-corrected chi connectivity index (χ3v) is 3.53. The summed E-state index contributed by atoms with van der Waals surface area (Å²) in [5.41, 5.74) is 7.70. The van der Waals surface area contributed by atoms with Crippen LogP contribution in [0.4, 0.5) is 4.79 Å². The summed E-state index contributed by atoms with van der Waals surface area (Å²) >= 11 is 0. The molecule has 7 heteroatoms. The SMILES string of the molecule is CC(C)(C)OC(=O)N[C@H]1CC[C@H](COCCCN=[N+]=[N-])CC1. The van der Waals surface area contributed by atoms with Gasteiger partial charge in [0.2, 0.25) is 0 Å². The number of alkyl carbamates (subject to hydrolysis) is 1. The molecule has 1 rings (SSSR count). The molecule has 1 amide bonds. The summed E-state index contributed by atoms with van der Waals surface area (Å²) in [5, 5.41) is 6.41. The van der Waals surface area contributed by atoms with Crippen molar-refractivity contribution in [2.75, 3.05) is 19.8 Å². The predicted octanol–water partition coefficient (Wildman–Crippen LogP) is 3.79. The van der Waals surface area contributed by atoms with Crippen molar-refractivity contribution in [2.45, 2.75) is 64.5 Å². The number of azide groups is 1. The normalized spacial score (nSPS) is 21.8. The Morgan fingerprint density at radius 1 is 1.32 bits per heavy atom. The molecule has 0 aromatic rings. The molecule has 126 valence electrons. The first kappa shape index (κ1) is 18.6. The summed E-state index contributed by atoms with van der Waals surface area (Å²) in [6, 6.07) is 0.205. The summed E-state index contributed by atoms with van der Waals surface area (Å²) < 4.78 is 10.9. The number of carbonyl (C=O) groups is 1. The van der Waals surface area contributed by atoms with Crippen LogP contribution in [0.25, 0.3) is 10.4 Å². The molecular formula is C15H28N4O3. The van der Waals surface area contributed by atoms with E-state index in [0.717, 1.165) is 38.7 Å². The fourth-order valence-corrected chi connectivity index (χ4v) is 2.48. The van der Waals surface area contributed by atoms with E-state index in [1.165, 1.54) is 0 Å². The van der Waals surface area contributed by atoms with Gasteiger partial charge in [-0.3, -0.25) is 0 Å². The fourth-order valence-electron chi connectivity index (χ4n) is 2.48. The van der Waals surface area contributed by atoms with Gasteiger partial charge in [0, 0.05) is 30.7 Å². The number of hydrogen-bond acceptors (Lipinski definition) is 4. The van der Waals surface area contributed by atoms with Gasteiger partial charge < -0.3 is 14.8 Å². The van der Waals surface area contributed by atoms with Crippen molar-refractivity contribution in [3.8, 4) is 0 Å². The molecule has 1 fully saturated rings. The average molecular weight is 312 g/mol. The lowest BCUT2D eigenvalue weighted by Gasteiger charge is -2.30. The highest BCUT2D eigenvalue weighted by Gasteiger charge is 2.24. The number of carbonyl (C=O) groups excluding carboxylic acids is 1. The second-order valence-electron chi connectivity index (χ2n) is 6.75. The maximum atomic E-state index is 11.7. The van der Waals surface area contributed by atoms with Crippen LogP contribution in [0.3, 0.4) is 0 Å². The van der Waals surface area contributed by atoms with Crippen molar-refractivity contribution >= 4 is 6.09 Å². The summed E-state index contributed by atoms with van der Waals surface area (Å²) in [4.78, 5) is 14.4. The maximum Gasteiger partial charge on any atom is 0.407 e. The van der Waals surface area contributed by atoms with E-state index in [9.17, 15) is 4.79 Å². The Balaban J connectivity index is 2.10. The van der Waals surface area contributed by atoms with Gasteiger partial charge in [0.05, 0.1) is 0 Å². The molecule has 0 bridgehead atoms. The lowest BCUT2D eigenvalue weighted by molar-refractivity contribution is 0.0463. The van der Waals surface area contributed by atoms with Gasteiger partial charge in [0.25, 0.3) is 0 Å². The van der Waals surface area contributed by atoms with Crippen molar-refractivity contribution in [1.82, 2.24) is 5.32 Å². The number of nitrogens with one attached hydrogen (secondary N) is 1. The zero-order valence-corrected chi connectivity index (χ0v) is 13.9. The van der Waals surface area contributed by atoms with Crippen molar-refractivity contribution in [2.24, 2.45) is 11.0 Å². The van der Waals surface area contributed by atoms with Crippen LogP contribution < -0.4 is 5.32 Å². The Morgan fingerprint density at radius 2 is 2.00 bits per heavy atom. The molecule has 0 heterocycles. The number of ether oxygens (including phenoxy) is 2. The monoisotopic (exact) mass is 312 g/mol. The first-order chi connectivity index (χ1) is 10.4. The topological polar surface area (TPSA) is 96.3 Å². The minimum atomic E-state index is -0.454. The molecule has 0 aromatic carbocycles. The van der Waals surface area contributed by atoms with Gasteiger partial charge in [-0.25, -0.2) is 4.79 Å². The molecule has 0 saturated heterocycles. The summed E-state index contributed by atoms with van der Waals surface area (Å²) in [5.74, 6) is 0.552. The Morgan fingerprint density at radius 3 is 2.59 bits per heavy atom. The second kappa shape index (κ2) is 9.54. The third-order valence-electron chi connectivity index (χ3n) is 3.53. The minimum Gasteiger partial charge on any atom is -0.444 e. The van der Waals surface area contributed by atoms with Gasteiger partial charge in [-0.15, -0.1) is 0 Å². The van der Waals surface area contributed by atoms with E-state index in [1.54, 1.807) is 0 Å². The van der Waals surface area contributed by atoms with E-state index in [1.807, 2.05) is 20.8 Å². The van der Waals surface area contributed by atoms with Gasteiger partial charge in [-0.1, -0.05) is 5.11 Å². The maximum absolute atomic E-state index is 11.7. The van der Waals surface area contributed by atoms with Gasteiger partial charge >= 0.3 is 6.09 Å². The summed E-state index contributed by atoms with van der Waals surface area (Å²) in [7, 11) is 0. The molecule has 1 N–H and O–H groups in total. The van der Waals surface area contributed by atoms with E-state index >= 15 is 0 Å². The van der Waals surface area contributed by atoms with E-state index < -0.39 is 5.60 Å². The number of rotatable bonds is 7. The number of amides is 1. The van der Waals surface area contributed by atoms with Crippen LogP contribution in [0.2, 0.25) is 0 Å². The van der Waals surface area contributed by atoms with E-state index in [4.69, 9.17) is 15.0 Å². The minimum absolute atomic E-state index is 0.205. The van der Waals surface area contributed by atoms with E-state index in [0.29, 0.717) is 19.1 Å². The van der Waals surface area contributed by atoms with Gasteiger partial charge in [-0.2, -0.15) is 0 Å². The van der Waals surface area contributed by atoms with E-state index in [2.05, 4.69) is 15.3 Å². The van der Waals surface area contributed by atoms with Crippen molar-refractivity contribution < 1.29 is 14.3 Å². The third kappa shape index (κ3) is 8.74. The molecular weight excluding hydrogens is 284 g/mol. The Labute approximate surface area is 132 Å². The molecule has 1 aliphatic carbocycles. The average Bonchev–Trinajstić information content (AvgIpc) is 2.42. The van der Waals surface area contributed by atoms with Crippen LogP contribution in [0.15, 0.2) is 5.11 Å². The smallest absolute Gasteiger partial charge is 0.407 e. The molecule has 1 saturated carbocycles. The molecule has 0 spiro atoms. The number of hydrogen-bond donors (Lipinski definition) is 1. The molecule has 0 radical (unpaired) electrons. The van der Waals surface area contributed by atoms with Gasteiger partial charge in [-0.05, 0) is 64.3 Å². The summed E-state index contributed by atoms with van der Waals surface area (Å²) in [6.45, 7) is 7.46. The predicted molar refractivity (Wildman–Crippen MR) is 84.6 cm³/mol. The zero-order valence-electron chi connectivity index (χ0n) is 13.9. The fraction of sp³-hybridized carbons (Fsp3) is 0.933. The highest BCUT2D eigenvalue weighted by molar-refractivity contribution is 5.68. The summed E-state index contributed by atoms with van der Waals surface area (Å²) in [6.07, 6.45) is 4.47. The molecule has 0 aliphatic heterocycles.